The van der Waals surface area contributed by atoms with Gasteiger partial charge in [-0.25, -0.2) is 13.4 Å². The number of ether oxygens (including phenoxy) is 1. The average molecular weight is 391 g/mol. The van der Waals surface area contributed by atoms with E-state index in [1.54, 1.807) is 43.7 Å². The SMILES string of the molecule is COCCn1c(S(=O)(=O)C(C)c2ccc(Cl)cc2Cl)nc(C)c1C. The number of hydrogen-bond acceptors (Lipinski definition) is 4. The van der Waals surface area contributed by atoms with Crippen molar-refractivity contribution in [2.24, 2.45) is 0 Å². The lowest BCUT2D eigenvalue weighted by atomic mass is 10.2. The highest BCUT2D eigenvalue weighted by molar-refractivity contribution is 7.91. The van der Waals surface area contributed by atoms with Gasteiger partial charge in [0.25, 0.3) is 0 Å². The Morgan fingerprint density at radius 1 is 1.29 bits per heavy atom. The molecule has 8 heteroatoms. The Kier molecular flexibility index (Phi) is 5.96. The molecule has 0 spiro atoms. The molecule has 24 heavy (non-hydrogen) atoms. The van der Waals surface area contributed by atoms with E-state index in [9.17, 15) is 8.42 Å². The number of hydrogen-bond donors (Lipinski definition) is 0. The molecule has 0 aliphatic carbocycles. The van der Waals surface area contributed by atoms with E-state index in [0.29, 0.717) is 34.5 Å². The van der Waals surface area contributed by atoms with Crippen molar-refractivity contribution in [1.29, 1.82) is 0 Å². The largest absolute Gasteiger partial charge is 0.383 e. The fraction of sp³-hybridized carbons (Fsp3) is 0.438. The monoisotopic (exact) mass is 390 g/mol. The van der Waals surface area contributed by atoms with Gasteiger partial charge in [-0.2, -0.15) is 0 Å². The zero-order chi connectivity index (χ0) is 18.1. The molecule has 132 valence electrons. The fourth-order valence-corrected chi connectivity index (χ4v) is 4.74. The van der Waals surface area contributed by atoms with Gasteiger partial charge >= 0.3 is 0 Å². The molecule has 5 nitrogen and oxygen atoms in total. The molecule has 0 saturated carbocycles. The van der Waals surface area contributed by atoms with Crippen LogP contribution in [0.15, 0.2) is 23.4 Å². The van der Waals surface area contributed by atoms with E-state index in [-0.39, 0.29) is 5.16 Å². The van der Waals surface area contributed by atoms with Crippen LogP contribution in [0.1, 0.15) is 29.1 Å². The predicted molar refractivity (Wildman–Crippen MR) is 95.6 cm³/mol. The lowest BCUT2D eigenvalue weighted by molar-refractivity contribution is 0.184. The van der Waals surface area contributed by atoms with E-state index in [1.807, 2.05) is 6.92 Å². The van der Waals surface area contributed by atoms with Crippen LogP contribution in [0, 0.1) is 13.8 Å². The summed E-state index contributed by atoms with van der Waals surface area (Å²) in [5.41, 5.74) is 1.98. The van der Waals surface area contributed by atoms with Crippen molar-refractivity contribution in [2.45, 2.75) is 37.7 Å². The van der Waals surface area contributed by atoms with Crippen molar-refractivity contribution in [3.63, 3.8) is 0 Å². The third-order valence-corrected chi connectivity index (χ3v) is 6.63. The van der Waals surface area contributed by atoms with E-state index >= 15 is 0 Å². The maximum absolute atomic E-state index is 13.1. The second-order valence-electron chi connectivity index (χ2n) is 5.56. The van der Waals surface area contributed by atoms with Crippen LogP contribution >= 0.6 is 23.2 Å². The average Bonchev–Trinajstić information content (AvgIpc) is 2.80. The maximum atomic E-state index is 13.1. The molecular formula is C16H20Cl2N2O3S. The maximum Gasteiger partial charge on any atom is 0.228 e. The molecule has 2 aromatic rings. The minimum atomic E-state index is -3.72. The van der Waals surface area contributed by atoms with Gasteiger partial charge in [-0.3, -0.25) is 0 Å². The van der Waals surface area contributed by atoms with Crippen molar-refractivity contribution in [2.75, 3.05) is 13.7 Å². The van der Waals surface area contributed by atoms with E-state index in [4.69, 9.17) is 27.9 Å². The lowest BCUT2D eigenvalue weighted by Crippen LogP contribution is -2.19. The number of halogens is 2. The van der Waals surface area contributed by atoms with Gasteiger partial charge < -0.3 is 9.30 Å². The van der Waals surface area contributed by atoms with E-state index in [2.05, 4.69) is 4.98 Å². The van der Waals surface area contributed by atoms with Gasteiger partial charge in [-0.05, 0) is 38.5 Å². The highest BCUT2D eigenvalue weighted by Crippen LogP contribution is 2.34. The summed E-state index contributed by atoms with van der Waals surface area (Å²) in [5, 5.41) is -0.0264. The van der Waals surface area contributed by atoms with E-state index in [1.165, 1.54) is 0 Å². The lowest BCUT2D eigenvalue weighted by Gasteiger charge is -2.16. The third-order valence-electron chi connectivity index (χ3n) is 4.06. The molecule has 0 fully saturated rings. The van der Waals surface area contributed by atoms with Crippen LogP contribution in [0.4, 0.5) is 0 Å². The molecule has 1 aromatic heterocycles. The highest BCUT2D eigenvalue weighted by Gasteiger charge is 2.32. The summed E-state index contributed by atoms with van der Waals surface area (Å²) in [4.78, 5) is 4.28. The molecule has 1 atom stereocenters. The predicted octanol–water partition coefficient (Wildman–Crippen LogP) is 3.99. The number of sulfone groups is 1. The number of aromatic nitrogens is 2. The van der Waals surface area contributed by atoms with Crippen LogP contribution in [-0.4, -0.2) is 31.7 Å². The van der Waals surface area contributed by atoms with Crippen molar-refractivity contribution in [3.05, 3.63) is 45.2 Å². The van der Waals surface area contributed by atoms with Gasteiger partial charge in [0.1, 0.15) is 0 Å². The first-order chi connectivity index (χ1) is 11.2. The Hall–Kier alpha value is -1.08. The van der Waals surface area contributed by atoms with Gasteiger partial charge in [0, 0.05) is 29.4 Å². The summed E-state index contributed by atoms with van der Waals surface area (Å²) in [6, 6.07) is 4.80. The highest BCUT2D eigenvalue weighted by atomic mass is 35.5. The van der Waals surface area contributed by atoms with Crippen LogP contribution in [0.25, 0.3) is 0 Å². The molecule has 0 bridgehead atoms. The van der Waals surface area contributed by atoms with Gasteiger partial charge in [0.15, 0.2) is 0 Å². The molecule has 0 radical (unpaired) electrons. The topological polar surface area (TPSA) is 61.2 Å². The van der Waals surface area contributed by atoms with Crippen molar-refractivity contribution in [1.82, 2.24) is 9.55 Å². The zero-order valence-electron chi connectivity index (χ0n) is 14.0. The molecule has 1 heterocycles. The summed E-state index contributed by atoms with van der Waals surface area (Å²) in [7, 11) is -2.15. The summed E-state index contributed by atoms with van der Waals surface area (Å²) in [6.07, 6.45) is 0. The fourth-order valence-electron chi connectivity index (χ4n) is 2.44. The molecule has 1 unspecified atom stereocenters. The number of nitrogens with zero attached hydrogens (tertiary/aromatic N) is 2. The van der Waals surface area contributed by atoms with E-state index < -0.39 is 15.1 Å². The number of imidazole rings is 1. The smallest absolute Gasteiger partial charge is 0.228 e. The summed E-state index contributed by atoms with van der Waals surface area (Å²) in [6.45, 7) is 6.05. The summed E-state index contributed by atoms with van der Waals surface area (Å²) < 4.78 is 33.0. The Morgan fingerprint density at radius 2 is 1.96 bits per heavy atom. The first-order valence-corrected chi connectivity index (χ1v) is 9.72. The Morgan fingerprint density at radius 3 is 2.54 bits per heavy atom. The van der Waals surface area contributed by atoms with Gasteiger partial charge in [-0.1, -0.05) is 29.3 Å². The zero-order valence-corrected chi connectivity index (χ0v) is 16.3. The normalized spacial score (nSPS) is 13.2. The van der Waals surface area contributed by atoms with E-state index in [0.717, 1.165) is 5.69 Å². The Balaban J connectivity index is 2.52. The van der Waals surface area contributed by atoms with Gasteiger partial charge in [-0.15, -0.1) is 0 Å². The Labute approximate surface area is 152 Å². The molecular weight excluding hydrogens is 371 g/mol. The molecule has 2 rings (SSSR count). The molecule has 0 amide bonds. The van der Waals surface area contributed by atoms with Crippen LogP contribution in [-0.2, 0) is 21.1 Å². The molecule has 0 aliphatic rings. The first-order valence-electron chi connectivity index (χ1n) is 7.41. The second-order valence-corrected chi connectivity index (χ2v) is 8.57. The van der Waals surface area contributed by atoms with Crippen LogP contribution in [0.5, 0.6) is 0 Å². The van der Waals surface area contributed by atoms with Crippen molar-refractivity contribution < 1.29 is 13.2 Å². The molecule has 0 aliphatic heterocycles. The van der Waals surface area contributed by atoms with Crippen LogP contribution in [0.3, 0.4) is 0 Å². The van der Waals surface area contributed by atoms with Crippen LogP contribution in [0.2, 0.25) is 10.0 Å². The number of methoxy groups -OCH3 is 1. The molecule has 0 N–H and O–H groups in total. The first kappa shape index (κ1) is 19.2. The second kappa shape index (κ2) is 7.44. The summed E-state index contributed by atoms with van der Waals surface area (Å²) >= 11 is 12.1. The minimum Gasteiger partial charge on any atom is -0.383 e. The summed E-state index contributed by atoms with van der Waals surface area (Å²) in [5.74, 6) is 0. The van der Waals surface area contributed by atoms with Crippen molar-refractivity contribution >= 4 is 33.0 Å². The molecule has 0 saturated heterocycles. The standard InChI is InChI=1S/C16H20Cl2N2O3S/c1-10-11(2)20(7-8-23-4)16(19-10)24(21,22)12(3)14-6-5-13(17)9-15(14)18/h5-6,9,12H,7-8H2,1-4H3. The van der Waals surface area contributed by atoms with Gasteiger partial charge in [0.05, 0.1) is 17.6 Å². The Bertz CT molecular complexity index is 847. The number of aryl methyl sites for hydroxylation is 1. The number of benzene rings is 1. The van der Waals surface area contributed by atoms with Crippen molar-refractivity contribution in [3.8, 4) is 0 Å². The third kappa shape index (κ3) is 3.61. The number of rotatable bonds is 6. The quantitative estimate of drug-likeness (QED) is 0.747. The molecule has 1 aromatic carbocycles. The van der Waals surface area contributed by atoms with Crippen LogP contribution < -0.4 is 0 Å². The van der Waals surface area contributed by atoms with Gasteiger partial charge in [0.2, 0.25) is 15.0 Å². The minimum absolute atomic E-state index is 0.0352.